The molecule has 0 aromatic rings. The second-order valence-corrected chi connectivity index (χ2v) is 4.37. The zero-order valence-corrected chi connectivity index (χ0v) is 9.65. The maximum atomic E-state index is 11.0. The molecule has 0 spiro atoms. The first kappa shape index (κ1) is 13.3. The largest absolute Gasteiger partial charge is 0.469 e. The number of esters is 1. The summed E-state index contributed by atoms with van der Waals surface area (Å²) >= 11 is 1.65. The van der Waals surface area contributed by atoms with E-state index in [1.807, 2.05) is 6.92 Å². The third-order valence-corrected chi connectivity index (χ3v) is 2.74. The Labute approximate surface area is 88.8 Å². The minimum atomic E-state index is -0.235. The number of rotatable bonds is 6. The molecular formula is C9H17NO3S. The van der Waals surface area contributed by atoms with E-state index in [0.717, 1.165) is 5.75 Å². The van der Waals surface area contributed by atoms with Gasteiger partial charge in [0.25, 0.3) is 0 Å². The van der Waals surface area contributed by atoms with Crippen LogP contribution in [0.4, 0.5) is 0 Å². The lowest BCUT2D eigenvalue weighted by atomic mass is 10.3. The summed E-state index contributed by atoms with van der Waals surface area (Å²) in [6.45, 7) is 4.00. The van der Waals surface area contributed by atoms with Gasteiger partial charge in [-0.2, -0.15) is 11.8 Å². The Hall–Kier alpha value is -0.710. The van der Waals surface area contributed by atoms with Crippen LogP contribution in [0.25, 0.3) is 0 Å². The van der Waals surface area contributed by atoms with Crippen LogP contribution in [0.2, 0.25) is 0 Å². The lowest BCUT2D eigenvalue weighted by Gasteiger charge is -2.14. The van der Waals surface area contributed by atoms with Gasteiger partial charge in [0.1, 0.15) is 0 Å². The van der Waals surface area contributed by atoms with E-state index in [1.165, 1.54) is 14.0 Å². The van der Waals surface area contributed by atoms with E-state index >= 15 is 0 Å². The average molecular weight is 219 g/mol. The first-order valence-corrected chi connectivity index (χ1v) is 5.57. The van der Waals surface area contributed by atoms with Gasteiger partial charge in [0, 0.05) is 18.7 Å². The molecule has 0 saturated heterocycles. The van der Waals surface area contributed by atoms with Crippen molar-refractivity contribution in [2.75, 3.05) is 19.4 Å². The Morgan fingerprint density at radius 1 is 1.50 bits per heavy atom. The maximum Gasteiger partial charge on any atom is 0.306 e. The molecule has 0 aromatic carbocycles. The van der Waals surface area contributed by atoms with Crippen molar-refractivity contribution in [2.24, 2.45) is 0 Å². The van der Waals surface area contributed by atoms with Crippen molar-refractivity contribution in [3.8, 4) is 0 Å². The van der Waals surface area contributed by atoms with Crippen molar-refractivity contribution in [2.45, 2.75) is 25.5 Å². The van der Waals surface area contributed by atoms with Gasteiger partial charge < -0.3 is 10.1 Å². The molecule has 0 heterocycles. The van der Waals surface area contributed by atoms with Crippen molar-refractivity contribution >= 4 is 23.6 Å². The zero-order valence-electron chi connectivity index (χ0n) is 8.83. The Morgan fingerprint density at radius 3 is 2.57 bits per heavy atom. The number of carbonyl (C=O) groups is 2. The smallest absolute Gasteiger partial charge is 0.306 e. The summed E-state index contributed by atoms with van der Waals surface area (Å²) in [6, 6.07) is 0. The second kappa shape index (κ2) is 7.67. The van der Waals surface area contributed by atoms with Gasteiger partial charge in [-0.3, -0.25) is 9.59 Å². The van der Waals surface area contributed by atoms with Crippen LogP contribution in [0.1, 0.15) is 20.3 Å². The predicted molar refractivity (Wildman–Crippen MR) is 57.2 cm³/mol. The molecule has 0 aliphatic heterocycles. The molecular weight excluding hydrogens is 202 g/mol. The maximum absolute atomic E-state index is 11.0. The van der Waals surface area contributed by atoms with Gasteiger partial charge in [0.05, 0.1) is 13.5 Å². The molecule has 0 bridgehead atoms. The molecule has 0 aliphatic carbocycles. The number of ether oxygens (including phenoxy) is 1. The van der Waals surface area contributed by atoms with Crippen LogP contribution in [-0.2, 0) is 14.3 Å². The van der Waals surface area contributed by atoms with E-state index in [4.69, 9.17) is 0 Å². The van der Waals surface area contributed by atoms with Gasteiger partial charge in [0.2, 0.25) is 5.91 Å². The summed E-state index contributed by atoms with van der Waals surface area (Å²) in [5, 5.41) is 2.80. The van der Waals surface area contributed by atoms with Crippen LogP contribution in [0.15, 0.2) is 0 Å². The molecule has 1 atom stereocenters. The first-order valence-electron chi connectivity index (χ1n) is 4.53. The topological polar surface area (TPSA) is 55.4 Å². The molecule has 0 saturated carbocycles. The third-order valence-electron chi connectivity index (χ3n) is 1.60. The Kier molecular flexibility index (Phi) is 7.28. The van der Waals surface area contributed by atoms with Crippen molar-refractivity contribution in [1.82, 2.24) is 5.32 Å². The third kappa shape index (κ3) is 6.77. The summed E-state index contributed by atoms with van der Waals surface area (Å²) < 4.78 is 4.57. The van der Waals surface area contributed by atoms with Crippen LogP contribution in [0.5, 0.6) is 0 Å². The van der Waals surface area contributed by atoms with E-state index in [9.17, 15) is 9.59 Å². The fourth-order valence-electron chi connectivity index (χ4n) is 0.953. The SMILES string of the molecule is CCSC(CNC(C)=O)CC(=O)OC. The predicted octanol–water partition coefficient (Wildman–Crippen LogP) is 0.807. The average Bonchev–Trinajstić information content (AvgIpc) is 2.14. The summed E-state index contributed by atoms with van der Waals surface area (Å²) in [4.78, 5) is 21.7. The lowest BCUT2D eigenvalue weighted by molar-refractivity contribution is -0.140. The molecule has 0 aromatic heterocycles. The van der Waals surface area contributed by atoms with E-state index in [2.05, 4.69) is 10.1 Å². The van der Waals surface area contributed by atoms with Gasteiger partial charge in [0.15, 0.2) is 0 Å². The van der Waals surface area contributed by atoms with E-state index in [0.29, 0.717) is 13.0 Å². The number of carbonyl (C=O) groups excluding carboxylic acids is 2. The summed E-state index contributed by atoms with van der Waals surface area (Å²) in [5.41, 5.74) is 0. The molecule has 0 radical (unpaired) electrons. The molecule has 0 aliphatic rings. The van der Waals surface area contributed by atoms with Crippen molar-refractivity contribution < 1.29 is 14.3 Å². The number of thioether (sulfide) groups is 1. The van der Waals surface area contributed by atoms with Crippen LogP contribution < -0.4 is 5.32 Å². The van der Waals surface area contributed by atoms with E-state index in [1.54, 1.807) is 11.8 Å². The van der Waals surface area contributed by atoms with Crippen molar-refractivity contribution in [3.63, 3.8) is 0 Å². The first-order chi connectivity index (χ1) is 6.60. The molecule has 0 fully saturated rings. The zero-order chi connectivity index (χ0) is 11.0. The quantitative estimate of drug-likeness (QED) is 0.672. The van der Waals surface area contributed by atoms with Gasteiger partial charge in [-0.15, -0.1) is 0 Å². The van der Waals surface area contributed by atoms with Gasteiger partial charge in [-0.05, 0) is 5.75 Å². The van der Waals surface area contributed by atoms with Crippen molar-refractivity contribution in [1.29, 1.82) is 0 Å². The number of hydrogen-bond acceptors (Lipinski definition) is 4. The Balaban J connectivity index is 3.88. The number of hydrogen-bond donors (Lipinski definition) is 1. The fourth-order valence-corrected chi connectivity index (χ4v) is 1.88. The molecule has 0 rings (SSSR count). The molecule has 82 valence electrons. The van der Waals surface area contributed by atoms with E-state index in [-0.39, 0.29) is 17.1 Å². The number of amides is 1. The minimum absolute atomic E-state index is 0.0726. The van der Waals surface area contributed by atoms with Crippen LogP contribution >= 0.6 is 11.8 Å². The standard InChI is InChI=1S/C9H17NO3S/c1-4-14-8(5-9(12)13-3)6-10-7(2)11/h8H,4-6H2,1-3H3,(H,10,11). The van der Waals surface area contributed by atoms with Crippen LogP contribution in [-0.4, -0.2) is 36.5 Å². The molecule has 4 nitrogen and oxygen atoms in total. The van der Waals surface area contributed by atoms with Crippen molar-refractivity contribution in [3.05, 3.63) is 0 Å². The Morgan fingerprint density at radius 2 is 2.14 bits per heavy atom. The normalized spacial score (nSPS) is 11.9. The molecule has 1 amide bonds. The number of nitrogens with one attached hydrogen (secondary N) is 1. The highest BCUT2D eigenvalue weighted by Gasteiger charge is 2.14. The highest BCUT2D eigenvalue weighted by molar-refractivity contribution is 7.99. The van der Waals surface area contributed by atoms with Crippen LogP contribution in [0, 0.1) is 0 Å². The monoisotopic (exact) mass is 219 g/mol. The highest BCUT2D eigenvalue weighted by Crippen LogP contribution is 2.13. The summed E-state index contributed by atoms with van der Waals surface area (Å²) in [6.07, 6.45) is 0.343. The highest BCUT2D eigenvalue weighted by atomic mass is 32.2. The fraction of sp³-hybridized carbons (Fsp3) is 0.778. The van der Waals surface area contributed by atoms with Gasteiger partial charge in [-0.25, -0.2) is 0 Å². The molecule has 1 N–H and O–H groups in total. The van der Waals surface area contributed by atoms with E-state index < -0.39 is 0 Å². The van der Waals surface area contributed by atoms with Crippen LogP contribution in [0.3, 0.4) is 0 Å². The Bertz CT molecular complexity index is 196. The van der Waals surface area contributed by atoms with Gasteiger partial charge in [-0.1, -0.05) is 6.92 Å². The summed E-state index contributed by atoms with van der Waals surface area (Å²) in [7, 11) is 1.37. The molecule has 5 heteroatoms. The molecule has 1 unspecified atom stereocenters. The minimum Gasteiger partial charge on any atom is -0.469 e. The summed E-state index contributed by atoms with van der Waals surface area (Å²) in [5.74, 6) is 0.610. The van der Waals surface area contributed by atoms with Gasteiger partial charge >= 0.3 is 5.97 Å². The molecule has 14 heavy (non-hydrogen) atoms. The number of methoxy groups -OCH3 is 1. The second-order valence-electron chi connectivity index (χ2n) is 2.79. The lowest BCUT2D eigenvalue weighted by Crippen LogP contribution is -2.30.